The molecule has 2 heterocycles. The van der Waals surface area contributed by atoms with Crippen molar-refractivity contribution in [2.45, 2.75) is 80.3 Å². The van der Waals surface area contributed by atoms with Crippen molar-refractivity contribution in [2.24, 2.45) is 0 Å². The summed E-state index contributed by atoms with van der Waals surface area (Å²) < 4.78 is 16.8. The molecular weight excluding hydrogens is 562 g/mol. The Balaban J connectivity index is 0.000000407. The Morgan fingerprint density at radius 1 is 1.21 bits per heavy atom. The molecule has 43 heavy (non-hydrogen) atoms. The Bertz CT molecular complexity index is 1330. The fourth-order valence-corrected chi connectivity index (χ4v) is 4.38. The van der Waals surface area contributed by atoms with Crippen LogP contribution < -0.4 is 0 Å². The van der Waals surface area contributed by atoms with Crippen molar-refractivity contribution in [2.75, 3.05) is 13.2 Å². The van der Waals surface area contributed by atoms with E-state index in [2.05, 4.69) is 37.9 Å². The van der Waals surface area contributed by atoms with E-state index in [-0.39, 0.29) is 0 Å². The number of aliphatic carboxylic acids is 1. The van der Waals surface area contributed by atoms with E-state index in [4.69, 9.17) is 30.7 Å². The molecule has 0 amide bonds. The molecule has 0 unspecified atom stereocenters. The molecule has 0 radical (unpaired) electrons. The first-order valence-electron chi connectivity index (χ1n) is 14.6. The molecule has 4 rings (SSSR count). The molecule has 0 atom stereocenters. The molecule has 1 fully saturated rings. The van der Waals surface area contributed by atoms with Crippen LogP contribution in [0.3, 0.4) is 0 Å². The fraction of sp³-hybridized carbons (Fsp3) is 0.389. The summed E-state index contributed by atoms with van der Waals surface area (Å²) in [6.45, 7) is 15.3. The van der Waals surface area contributed by atoms with Gasteiger partial charge in [-0.05, 0) is 70.7 Å². The minimum absolute atomic E-state index is 0.311. The normalized spacial score (nSPS) is 17.9. The van der Waals surface area contributed by atoms with Crippen molar-refractivity contribution >= 4 is 17.6 Å². The average molecular weight is 608 g/mol. The van der Waals surface area contributed by atoms with Gasteiger partial charge in [-0.1, -0.05) is 78.7 Å². The van der Waals surface area contributed by atoms with Gasteiger partial charge in [0.25, 0.3) is 0 Å². The van der Waals surface area contributed by atoms with Crippen molar-refractivity contribution in [3.8, 4) is 24.1 Å². The van der Waals surface area contributed by atoms with Gasteiger partial charge >= 0.3 is 5.97 Å². The first kappa shape index (κ1) is 37.2. The van der Waals surface area contributed by atoms with Gasteiger partial charge in [-0.3, -0.25) is 0 Å². The van der Waals surface area contributed by atoms with Crippen molar-refractivity contribution in [1.82, 2.24) is 5.16 Å². The van der Waals surface area contributed by atoms with Crippen molar-refractivity contribution in [3.05, 3.63) is 99.0 Å². The summed E-state index contributed by atoms with van der Waals surface area (Å²) in [4.78, 5) is 10.9. The average Bonchev–Trinajstić information content (AvgIpc) is 3.74. The lowest BCUT2D eigenvalue weighted by molar-refractivity contribution is -0.133. The second-order valence-electron chi connectivity index (χ2n) is 9.84. The van der Waals surface area contributed by atoms with Gasteiger partial charge in [0.1, 0.15) is 23.8 Å². The summed E-state index contributed by atoms with van der Waals surface area (Å²) >= 11 is 6.41. The Kier molecular flexibility index (Phi) is 17.5. The van der Waals surface area contributed by atoms with E-state index in [1.165, 1.54) is 5.57 Å². The first-order chi connectivity index (χ1) is 20.7. The Hall–Kier alpha value is -3.79. The second kappa shape index (κ2) is 20.2. The maximum atomic E-state index is 10.9. The summed E-state index contributed by atoms with van der Waals surface area (Å²) in [5.41, 5.74) is 6.51. The zero-order valence-corrected chi connectivity index (χ0v) is 27.3. The highest BCUT2D eigenvalue weighted by Crippen LogP contribution is 2.45. The lowest BCUT2D eigenvalue weighted by Gasteiger charge is -2.08. The molecule has 0 spiro atoms. The number of carbonyl (C=O) groups is 1. The van der Waals surface area contributed by atoms with E-state index >= 15 is 0 Å². The molecule has 1 aromatic carbocycles. The van der Waals surface area contributed by atoms with E-state index in [0.29, 0.717) is 48.5 Å². The van der Waals surface area contributed by atoms with E-state index in [1.807, 2.05) is 76.3 Å². The molecule has 1 N–H and O–H groups in total. The minimum Gasteiger partial charge on any atom is -0.494 e. The third kappa shape index (κ3) is 12.2. The third-order valence-corrected chi connectivity index (χ3v) is 6.69. The van der Waals surface area contributed by atoms with Crippen molar-refractivity contribution in [1.29, 1.82) is 0 Å². The molecule has 0 bridgehead atoms. The van der Waals surface area contributed by atoms with Crippen LogP contribution in [0, 0.1) is 19.8 Å². The summed E-state index contributed by atoms with van der Waals surface area (Å²) in [6, 6.07) is 5.89. The highest BCUT2D eigenvalue weighted by atomic mass is 35.5. The predicted octanol–water partition coefficient (Wildman–Crippen LogP) is 9.76. The number of hydrogen-bond donors (Lipinski definition) is 1. The largest absolute Gasteiger partial charge is 0.494 e. The van der Waals surface area contributed by atoms with Crippen LogP contribution in [0.15, 0.2) is 81.7 Å². The summed E-state index contributed by atoms with van der Waals surface area (Å²) in [7, 11) is 0. The number of allylic oxidation sites excluding steroid dienone is 7. The van der Waals surface area contributed by atoms with Crippen LogP contribution in [0.4, 0.5) is 0 Å². The van der Waals surface area contributed by atoms with Crippen LogP contribution >= 0.6 is 11.6 Å². The van der Waals surface area contributed by atoms with Gasteiger partial charge in [0.05, 0.1) is 23.8 Å². The Labute approximate surface area is 262 Å². The third-order valence-electron chi connectivity index (χ3n) is 6.37. The molecule has 2 aliphatic rings. The SMILES string of the molecule is C#C.C/C=C/C1=C/CO/C(C)=C(/C(=O)O)C/C=C\1.CC.CC(C)=CCOCc1c(-c2c(C)cccc2Cl)noc1C1CC1. The molecule has 6 nitrogen and oxygen atoms in total. The van der Waals surface area contributed by atoms with E-state index in [0.717, 1.165) is 46.6 Å². The van der Waals surface area contributed by atoms with Crippen LogP contribution in [-0.4, -0.2) is 29.4 Å². The molecule has 2 aromatic rings. The number of ether oxygens (including phenoxy) is 2. The maximum absolute atomic E-state index is 10.9. The number of hydrogen-bond acceptors (Lipinski definition) is 5. The number of aryl methyl sites for hydroxylation is 1. The standard InChI is InChI=1S/C19H22ClNO2.C13H16O3.C2H6.C2H2/c1-12(2)9-10-22-11-15-18(21-23-19(15)14-7-8-14)17-13(3)5-4-6-16(17)20;1-3-5-11-6-4-7-12(13(14)15)10(2)16-9-8-11;2*1-2/h4-6,9,14H,7-8,10-11H2,1-3H3;3-6,8H,7,9H2,1-2H3,(H,14,15);1-2H3;1-2H/b;5-3+,6-4-,11-8-,12-10+;;. The van der Waals surface area contributed by atoms with E-state index in [1.54, 1.807) is 6.92 Å². The number of rotatable bonds is 8. The Morgan fingerprint density at radius 2 is 1.91 bits per heavy atom. The van der Waals surface area contributed by atoms with Crippen molar-refractivity contribution in [3.63, 3.8) is 0 Å². The summed E-state index contributed by atoms with van der Waals surface area (Å²) in [5, 5.41) is 14.0. The smallest absolute Gasteiger partial charge is 0.335 e. The van der Waals surface area contributed by atoms with Gasteiger partial charge in [-0.25, -0.2) is 4.79 Å². The lowest BCUT2D eigenvalue weighted by Crippen LogP contribution is -2.04. The van der Waals surface area contributed by atoms with Gasteiger partial charge in [0.2, 0.25) is 0 Å². The number of carboxylic acid groups (broad SMARTS) is 1. The topological polar surface area (TPSA) is 81.8 Å². The molecule has 1 aliphatic heterocycles. The highest BCUT2D eigenvalue weighted by molar-refractivity contribution is 6.33. The number of carboxylic acids is 1. The molecule has 232 valence electrons. The van der Waals surface area contributed by atoms with Gasteiger partial charge in [-0.2, -0.15) is 0 Å². The van der Waals surface area contributed by atoms with Crippen LogP contribution in [-0.2, 0) is 20.9 Å². The van der Waals surface area contributed by atoms with Crippen LogP contribution in [0.25, 0.3) is 11.3 Å². The molecule has 7 heteroatoms. The summed E-state index contributed by atoms with van der Waals surface area (Å²) in [6.07, 6.45) is 22.4. The molecule has 1 saturated carbocycles. The first-order valence-corrected chi connectivity index (χ1v) is 14.9. The lowest BCUT2D eigenvalue weighted by atomic mass is 10.0. The van der Waals surface area contributed by atoms with Gasteiger partial charge in [0, 0.05) is 23.5 Å². The number of halogens is 1. The van der Waals surface area contributed by atoms with Crippen LogP contribution in [0.2, 0.25) is 5.02 Å². The zero-order chi connectivity index (χ0) is 32.4. The Morgan fingerprint density at radius 3 is 2.49 bits per heavy atom. The van der Waals surface area contributed by atoms with E-state index in [9.17, 15) is 4.79 Å². The van der Waals surface area contributed by atoms with Gasteiger partial charge in [-0.15, -0.1) is 12.8 Å². The van der Waals surface area contributed by atoms with Crippen LogP contribution in [0.1, 0.15) is 83.6 Å². The van der Waals surface area contributed by atoms with Gasteiger partial charge in [0.15, 0.2) is 0 Å². The second-order valence-corrected chi connectivity index (χ2v) is 10.2. The van der Waals surface area contributed by atoms with Crippen molar-refractivity contribution < 1.29 is 23.9 Å². The zero-order valence-electron chi connectivity index (χ0n) is 26.6. The molecule has 1 aliphatic carbocycles. The highest BCUT2D eigenvalue weighted by Gasteiger charge is 2.33. The number of benzene rings is 1. The number of aromatic nitrogens is 1. The fourth-order valence-electron chi connectivity index (χ4n) is 4.07. The maximum Gasteiger partial charge on any atom is 0.335 e. The van der Waals surface area contributed by atoms with E-state index < -0.39 is 5.97 Å². The minimum atomic E-state index is -0.920. The molecular formula is C36H46ClNO5. The number of terminal acetylenes is 1. The van der Waals surface area contributed by atoms with Gasteiger partial charge < -0.3 is 19.1 Å². The predicted molar refractivity (Wildman–Crippen MR) is 177 cm³/mol. The number of nitrogens with zero attached hydrogens (tertiary/aromatic N) is 1. The quantitative estimate of drug-likeness (QED) is 0.183. The van der Waals surface area contributed by atoms with Crippen LogP contribution in [0.5, 0.6) is 0 Å². The molecule has 1 aromatic heterocycles. The summed E-state index contributed by atoms with van der Waals surface area (Å²) in [5.74, 6) is 1.02. The molecule has 0 saturated heterocycles. The monoisotopic (exact) mass is 607 g/mol.